The lowest BCUT2D eigenvalue weighted by molar-refractivity contribution is -0.119. The van der Waals surface area contributed by atoms with Gasteiger partial charge in [-0.15, -0.1) is 11.8 Å². The van der Waals surface area contributed by atoms with Crippen LogP contribution >= 0.6 is 23.4 Å². The summed E-state index contributed by atoms with van der Waals surface area (Å²) in [6.07, 6.45) is 2.59. The lowest BCUT2D eigenvalue weighted by Gasteiger charge is -2.26. The topological polar surface area (TPSA) is 49.4 Å². The average Bonchev–Trinajstić information content (AvgIpc) is 2.67. The number of halogens is 1. The molecule has 1 heterocycles. The summed E-state index contributed by atoms with van der Waals surface area (Å²) >= 11 is 7.53. The standard InChI is InChI=1S/C20H21ClN2O2S/c21-16-6-10-18(11-7-16)26-14-12-22-20(25)15-4-8-17(9-5-15)23-13-2-1-3-19(23)24/h4-11H,1-3,12-14H2,(H,22,25). The van der Waals surface area contributed by atoms with Gasteiger partial charge in [0, 0.05) is 46.4 Å². The van der Waals surface area contributed by atoms with Crippen molar-refractivity contribution in [3.63, 3.8) is 0 Å². The fourth-order valence-corrected chi connectivity index (χ4v) is 3.73. The van der Waals surface area contributed by atoms with Crippen LogP contribution in [0.2, 0.25) is 5.02 Å². The molecule has 2 amide bonds. The van der Waals surface area contributed by atoms with E-state index in [1.165, 1.54) is 0 Å². The number of anilines is 1. The molecule has 136 valence electrons. The summed E-state index contributed by atoms with van der Waals surface area (Å²) in [5.74, 6) is 0.846. The van der Waals surface area contributed by atoms with Crippen molar-refractivity contribution in [3.8, 4) is 0 Å². The second kappa shape index (κ2) is 9.10. The van der Waals surface area contributed by atoms with Gasteiger partial charge in [0.2, 0.25) is 5.91 Å². The normalized spacial score (nSPS) is 14.3. The van der Waals surface area contributed by atoms with Crippen LogP contribution < -0.4 is 10.2 Å². The smallest absolute Gasteiger partial charge is 0.251 e. The maximum Gasteiger partial charge on any atom is 0.251 e. The third kappa shape index (κ3) is 5.02. The summed E-state index contributed by atoms with van der Waals surface area (Å²) in [7, 11) is 0. The van der Waals surface area contributed by atoms with Crippen LogP contribution in [0, 0.1) is 0 Å². The molecular weight excluding hydrogens is 368 g/mol. The second-order valence-electron chi connectivity index (χ2n) is 6.11. The lowest BCUT2D eigenvalue weighted by atomic mass is 10.1. The van der Waals surface area contributed by atoms with Crippen LogP contribution in [-0.2, 0) is 4.79 Å². The molecule has 26 heavy (non-hydrogen) atoms. The number of piperidine rings is 1. The van der Waals surface area contributed by atoms with Crippen LogP contribution in [0.1, 0.15) is 29.6 Å². The molecule has 6 heteroatoms. The maximum absolute atomic E-state index is 12.2. The third-order valence-corrected chi connectivity index (χ3v) is 5.50. The van der Waals surface area contributed by atoms with Gasteiger partial charge in [0.15, 0.2) is 0 Å². The molecule has 1 aliphatic heterocycles. The Hall–Kier alpha value is -1.98. The first kappa shape index (κ1) is 18.8. The number of rotatable bonds is 6. The van der Waals surface area contributed by atoms with Crippen LogP contribution in [0.25, 0.3) is 0 Å². The molecule has 1 fully saturated rings. The number of hydrogen-bond donors (Lipinski definition) is 1. The molecule has 0 bridgehead atoms. The second-order valence-corrected chi connectivity index (χ2v) is 7.71. The summed E-state index contributed by atoms with van der Waals surface area (Å²) in [6, 6.07) is 14.9. The summed E-state index contributed by atoms with van der Waals surface area (Å²) in [4.78, 5) is 27.1. The molecule has 0 unspecified atom stereocenters. The Kier molecular flexibility index (Phi) is 6.58. The zero-order valence-electron chi connectivity index (χ0n) is 14.4. The minimum Gasteiger partial charge on any atom is -0.351 e. The van der Waals surface area contributed by atoms with Gasteiger partial charge in [-0.05, 0) is 61.4 Å². The van der Waals surface area contributed by atoms with Gasteiger partial charge in [0.1, 0.15) is 0 Å². The number of carbonyl (C=O) groups excluding carboxylic acids is 2. The number of hydrogen-bond acceptors (Lipinski definition) is 3. The van der Waals surface area contributed by atoms with E-state index in [1.54, 1.807) is 28.8 Å². The molecule has 2 aromatic rings. The molecule has 0 spiro atoms. The van der Waals surface area contributed by atoms with Crippen molar-refractivity contribution in [1.29, 1.82) is 0 Å². The highest BCUT2D eigenvalue weighted by Crippen LogP contribution is 2.22. The molecule has 0 aliphatic carbocycles. The minimum absolute atomic E-state index is 0.0989. The zero-order valence-corrected chi connectivity index (χ0v) is 16.0. The molecule has 0 radical (unpaired) electrons. The van der Waals surface area contributed by atoms with Gasteiger partial charge in [0.05, 0.1) is 0 Å². The first-order chi connectivity index (χ1) is 12.6. The first-order valence-electron chi connectivity index (χ1n) is 8.70. The van der Waals surface area contributed by atoms with E-state index in [4.69, 9.17) is 11.6 Å². The molecule has 3 rings (SSSR count). The third-order valence-electron chi connectivity index (χ3n) is 4.23. The Morgan fingerprint density at radius 3 is 2.50 bits per heavy atom. The van der Waals surface area contributed by atoms with Crippen molar-refractivity contribution >= 4 is 40.9 Å². The molecule has 1 saturated heterocycles. The van der Waals surface area contributed by atoms with E-state index in [0.29, 0.717) is 18.5 Å². The lowest BCUT2D eigenvalue weighted by Crippen LogP contribution is -2.35. The van der Waals surface area contributed by atoms with E-state index in [9.17, 15) is 9.59 Å². The predicted molar refractivity (Wildman–Crippen MR) is 107 cm³/mol. The highest BCUT2D eigenvalue weighted by atomic mass is 35.5. The van der Waals surface area contributed by atoms with Crippen molar-refractivity contribution in [2.45, 2.75) is 24.2 Å². The summed E-state index contributed by atoms with van der Waals surface area (Å²) in [5, 5.41) is 3.64. The van der Waals surface area contributed by atoms with Gasteiger partial charge in [0.25, 0.3) is 5.91 Å². The van der Waals surface area contributed by atoms with E-state index >= 15 is 0 Å². The first-order valence-corrected chi connectivity index (χ1v) is 10.1. The summed E-state index contributed by atoms with van der Waals surface area (Å²) in [5.41, 5.74) is 1.47. The van der Waals surface area contributed by atoms with Crippen LogP contribution in [0.3, 0.4) is 0 Å². The highest BCUT2D eigenvalue weighted by Gasteiger charge is 2.19. The number of nitrogens with one attached hydrogen (secondary N) is 1. The van der Waals surface area contributed by atoms with Gasteiger partial charge < -0.3 is 10.2 Å². The Labute approximate surface area is 162 Å². The number of nitrogens with zero attached hydrogens (tertiary/aromatic N) is 1. The van der Waals surface area contributed by atoms with E-state index < -0.39 is 0 Å². The van der Waals surface area contributed by atoms with E-state index in [-0.39, 0.29) is 11.8 Å². The monoisotopic (exact) mass is 388 g/mol. The van der Waals surface area contributed by atoms with Gasteiger partial charge in [-0.2, -0.15) is 0 Å². The Morgan fingerprint density at radius 1 is 1.08 bits per heavy atom. The van der Waals surface area contributed by atoms with E-state index in [2.05, 4.69) is 5.32 Å². The van der Waals surface area contributed by atoms with Crippen LogP contribution in [0.4, 0.5) is 5.69 Å². The molecule has 0 saturated carbocycles. The van der Waals surface area contributed by atoms with Gasteiger partial charge in [-0.1, -0.05) is 11.6 Å². The Morgan fingerprint density at radius 2 is 1.81 bits per heavy atom. The fraction of sp³-hybridized carbons (Fsp3) is 0.300. The largest absolute Gasteiger partial charge is 0.351 e. The van der Waals surface area contributed by atoms with E-state index in [0.717, 1.165) is 40.7 Å². The van der Waals surface area contributed by atoms with Crippen LogP contribution in [0.5, 0.6) is 0 Å². The number of benzene rings is 2. The van der Waals surface area contributed by atoms with Crippen LogP contribution in [-0.4, -0.2) is 30.7 Å². The molecule has 1 aliphatic rings. The fourth-order valence-electron chi connectivity index (χ4n) is 2.84. The van der Waals surface area contributed by atoms with Crippen molar-refractivity contribution in [2.75, 3.05) is 23.7 Å². The molecule has 2 aromatic carbocycles. The van der Waals surface area contributed by atoms with Gasteiger partial charge >= 0.3 is 0 Å². The Bertz CT molecular complexity index is 762. The Balaban J connectivity index is 1.47. The molecule has 1 N–H and O–H groups in total. The highest BCUT2D eigenvalue weighted by molar-refractivity contribution is 7.99. The number of thioether (sulfide) groups is 1. The van der Waals surface area contributed by atoms with Gasteiger partial charge in [-0.3, -0.25) is 9.59 Å². The minimum atomic E-state index is -0.0989. The predicted octanol–water partition coefficient (Wildman–Crippen LogP) is 4.38. The summed E-state index contributed by atoms with van der Waals surface area (Å²) in [6.45, 7) is 1.34. The number of amides is 2. The zero-order chi connectivity index (χ0) is 18.4. The summed E-state index contributed by atoms with van der Waals surface area (Å²) < 4.78 is 0. The quantitative estimate of drug-likeness (QED) is 0.590. The van der Waals surface area contributed by atoms with Crippen molar-refractivity contribution < 1.29 is 9.59 Å². The van der Waals surface area contributed by atoms with Crippen LogP contribution in [0.15, 0.2) is 53.4 Å². The molecule has 4 nitrogen and oxygen atoms in total. The molecule has 0 aromatic heterocycles. The number of carbonyl (C=O) groups is 2. The van der Waals surface area contributed by atoms with Crippen molar-refractivity contribution in [2.24, 2.45) is 0 Å². The van der Waals surface area contributed by atoms with Crippen molar-refractivity contribution in [3.05, 3.63) is 59.1 Å². The van der Waals surface area contributed by atoms with E-state index in [1.807, 2.05) is 36.4 Å². The SMILES string of the molecule is O=C(NCCSc1ccc(Cl)cc1)c1ccc(N2CCCCC2=O)cc1. The van der Waals surface area contributed by atoms with Crippen molar-refractivity contribution in [1.82, 2.24) is 5.32 Å². The molecular formula is C20H21ClN2O2S. The average molecular weight is 389 g/mol. The maximum atomic E-state index is 12.2. The van der Waals surface area contributed by atoms with Gasteiger partial charge in [-0.25, -0.2) is 0 Å². The molecule has 0 atom stereocenters.